The maximum absolute atomic E-state index is 11.1. The number of methoxy groups -OCH3 is 2. The van der Waals surface area contributed by atoms with Gasteiger partial charge in [0.1, 0.15) is 16.6 Å². The minimum atomic E-state index is -0.426. The van der Waals surface area contributed by atoms with Crippen LogP contribution in [0.1, 0.15) is 11.3 Å². The molecule has 0 bridgehead atoms. The zero-order valence-corrected chi connectivity index (χ0v) is 13.5. The summed E-state index contributed by atoms with van der Waals surface area (Å²) in [6.45, 7) is 0.197. The van der Waals surface area contributed by atoms with E-state index in [9.17, 15) is 4.79 Å². The molecule has 1 aromatic carbocycles. The second kappa shape index (κ2) is 7.77. The van der Waals surface area contributed by atoms with Crippen LogP contribution in [0.25, 0.3) is 6.08 Å². The lowest BCUT2D eigenvalue weighted by atomic mass is 10.2. The summed E-state index contributed by atoms with van der Waals surface area (Å²) >= 11 is 7.02. The van der Waals surface area contributed by atoms with E-state index in [1.165, 1.54) is 20.3 Å². The standard InChI is InChI=1S/C14H13ClN2O4S/c1-19-12-7-9(4-6-13(18)20-2)3-5-11(12)21-8-10-14(15)22-17-16-10/h3-7H,8H2,1-2H3/b6-4-. The van der Waals surface area contributed by atoms with Gasteiger partial charge in [-0.15, -0.1) is 5.10 Å². The predicted octanol–water partition coefficient (Wildman–Crippen LogP) is 2.97. The Balaban J connectivity index is 2.10. The Labute approximate surface area is 136 Å². The van der Waals surface area contributed by atoms with Crippen LogP contribution in [-0.2, 0) is 16.1 Å². The van der Waals surface area contributed by atoms with Gasteiger partial charge in [-0.2, -0.15) is 0 Å². The third-order valence-corrected chi connectivity index (χ3v) is 3.66. The number of aromatic nitrogens is 2. The number of ether oxygens (including phenoxy) is 3. The first-order valence-electron chi connectivity index (χ1n) is 6.17. The Morgan fingerprint density at radius 1 is 1.36 bits per heavy atom. The molecule has 6 nitrogen and oxygen atoms in total. The molecule has 1 heterocycles. The first-order valence-corrected chi connectivity index (χ1v) is 7.32. The van der Waals surface area contributed by atoms with Crippen molar-refractivity contribution in [3.8, 4) is 11.5 Å². The fourth-order valence-corrected chi connectivity index (χ4v) is 2.17. The average Bonchev–Trinajstić information content (AvgIpc) is 2.95. The summed E-state index contributed by atoms with van der Waals surface area (Å²) in [5.41, 5.74) is 1.35. The molecule has 0 fully saturated rings. The smallest absolute Gasteiger partial charge is 0.330 e. The minimum Gasteiger partial charge on any atom is -0.493 e. The Bertz CT molecular complexity index is 687. The van der Waals surface area contributed by atoms with E-state index in [0.29, 0.717) is 21.5 Å². The summed E-state index contributed by atoms with van der Waals surface area (Å²) in [5, 5.41) is 3.87. The van der Waals surface area contributed by atoms with Crippen molar-refractivity contribution in [2.24, 2.45) is 0 Å². The van der Waals surface area contributed by atoms with Gasteiger partial charge >= 0.3 is 5.97 Å². The molecule has 1 aromatic heterocycles. The number of benzene rings is 1. The van der Waals surface area contributed by atoms with Crippen molar-refractivity contribution < 1.29 is 19.0 Å². The lowest BCUT2D eigenvalue weighted by Gasteiger charge is -2.10. The summed E-state index contributed by atoms with van der Waals surface area (Å²) in [5.74, 6) is 0.651. The van der Waals surface area contributed by atoms with Gasteiger partial charge in [0.05, 0.1) is 14.2 Å². The fraction of sp³-hybridized carbons (Fsp3) is 0.214. The molecule has 116 valence electrons. The second-order valence-electron chi connectivity index (χ2n) is 4.05. The molecule has 0 saturated carbocycles. The van der Waals surface area contributed by atoms with E-state index in [0.717, 1.165) is 17.1 Å². The van der Waals surface area contributed by atoms with Crippen LogP contribution in [0.15, 0.2) is 24.3 Å². The number of rotatable bonds is 6. The van der Waals surface area contributed by atoms with Crippen LogP contribution in [-0.4, -0.2) is 29.8 Å². The molecule has 22 heavy (non-hydrogen) atoms. The topological polar surface area (TPSA) is 70.5 Å². The first-order chi connectivity index (χ1) is 10.6. The number of hydrogen-bond donors (Lipinski definition) is 0. The first kappa shape index (κ1) is 16.3. The molecule has 0 radical (unpaired) electrons. The molecule has 8 heteroatoms. The van der Waals surface area contributed by atoms with Crippen molar-refractivity contribution in [2.45, 2.75) is 6.61 Å². The molecule has 0 unspecified atom stereocenters. The second-order valence-corrected chi connectivity index (χ2v) is 5.40. The molecule has 0 N–H and O–H groups in total. The molecule has 2 rings (SSSR count). The Morgan fingerprint density at radius 3 is 2.82 bits per heavy atom. The number of carbonyl (C=O) groups is 1. The van der Waals surface area contributed by atoms with Crippen molar-refractivity contribution >= 4 is 35.2 Å². The number of esters is 1. The molecule has 0 aliphatic rings. The number of carbonyl (C=O) groups excluding carboxylic acids is 1. The van der Waals surface area contributed by atoms with E-state index in [2.05, 4.69) is 14.3 Å². The summed E-state index contributed by atoms with van der Waals surface area (Å²) in [6.07, 6.45) is 2.95. The van der Waals surface area contributed by atoms with E-state index in [-0.39, 0.29) is 6.61 Å². The van der Waals surface area contributed by atoms with E-state index in [4.69, 9.17) is 21.1 Å². The Kier molecular flexibility index (Phi) is 5.74. The van der Waals surface area contributed by atoms with Crippen LogP contribution in [0.4, 0.5) is 0 Å². The largest absolute Gasteiger partial charge is 0.493 e. The maximum Gasteiger partial charge on any atom is 0.330 e. The zero-order valence-electron chi connectivity index (χ0n) is 11.9. The van der Waals surface area contributed by atoms with Crippen molar-refractivity contribution in [1.29, 1.82) is 0 Å². The van der Waals surface area contributed by atoms with Crippen LogP contribution in [0.2, 0.25) is 4.34 Å². The van der Waals surface area contributed by atoms with Gasteiger partial charge in [-0.25, -0.2) is 4.79 Å². The molecular formula is C14H13ClN2O4S. The summed E-state index contributed by atoms with van der Waals surface area (Å²) < 4.78 is 19.7. The monoisotopic (exact) mass is 340 g/mol. The highest BCUT2D eigenvalue weighted by molar-refractivity contribution is 7.10. The van der Waals surface area contributed by atoms with E-state index >= 15 is 0 Å². The van der Waals surface area contributed by atoms with E-state index in [1.54, 1.807) is 24.3 Å². The quantitative estimate of drug-likeness (QED) is 0.594. The van der Waals surface area contributed by atoms with Crippen molar-refractivity contribution in [2.75, 3.05) is 14.2 Å². The van der Waals surface area contributed by atoms with Gasteiger partial charge in [-0.05, 0) is 23.8 Å². The Morgan fingerprint density at radius 2 is 2.18 bits per heavy atom. The molecule has 2 aromatic rings. The molecule has 0 amide bonds. The van der Waals surface area contributed by atoms with Gasteiger partial charge in [0.15, 0.2) is 11.5 Å². The number of nitrogens with zero attached hydrogens (tertiary/aromatic N) is 2. The third kappa shape index (κ3) is 4.19. The highest BCUT2D eigenvalue weighted by atomic mass is 35.5. The maximum atomic E-state index is 11.1. The van der Waals surface area contributed by atoms with Crippen molar-refractivity contribution in [1.82, 2.24) is 9.59 Å². The summed E-state index contributed by atoms with van der Waals surface area (Å²) in [4.78, 5) is 11.1. The molecule has 0 saturated heterocycles. The van der Waals surface area contributed by atoms with Crippen LogP contribution in [0.5, 0.6) is 11.5 Å². The van der Waals surface area contributed by atoms with Crippen LogP contribution < -0.4 is 9.47 Å². The number of hydrogen-bond acceptors (Lipinski definition) is 7. The molecule has 0 aliphatic carbocycles. The van der Waals surface area contributed by atoms with E-state index in [1.807, 2.05) is 0 Å². The third-order valence-electron chi connectivity index (χ3n) is 2.67. The van der Waals surface area contributed by atoms with Crippen LogP contribution in [0.3, 0.4) is 0 Å². The van der Waals surface area contributed by atoms with Crippen LogP contribution in [0, 0.1) is 0 Å². The fourth-order valence-electron chi connectivity index (χ4n) is 1.57. The summed E-state index contributed by atoms with van der Waals surface area (Å²) in [6, 6.07) is 5.28. The van der Waals surface area contributed by atoms with Crippen molar-refractivity contribution in [3.63, 3.8) is 0 Å². The van der Waals surface area contributed by atoms with Gasteiger partial charge in [-0.1, -0.05) is 22.2 Å². The highest BCUT2D eigenvalue weighted by Crippen LogP contribution is 2.30. The minimum absolute atomic E-state index is 0.197. The Hall–Kier alpha value is -2.12. The SMILES string of the molecule is COC(=O)/C=C\c1ccc(OCc2nnsc2Cl)c(OC)c1. The lowest BCUT2D eigenvalue weighted by Crippen LogP contribution is -1.99. The highest BCUT2D eigenvalue weighted by Gasteiger charge is 2.09. The van der Waals surface area contributed by atoms with Gasteiger partial charge < -0.3 is 14.2 Å². The predicted molar refractivity (Wildman–Crippen MR) is 83.3 cm³/mol. The molecular weight excluding hydrogens is 328 g/mol. The van der Waals surface area contributed by atoms with Gasteiger partial charge in [0, 0.05) is 17.6 Å². The van der Waals surface area contributed by atoms with Crippen LogP contribution >= 0.6 is 23.1 Å². The molecule has 0 atom stereocenters. The van der Waals surface area contributed by atoms with E-state index < -0.39 is 5.97 Å². The van der Waals surface area contributed by atoms with Gasteiger partial charge in [0.25, 0.3) is 0 Å². The van der Waals surface area contributed by atoms with Crippen molar-refractivity contribution in [3.05, 3.63) is 39.9 Å². The van der Waals surface area contributed by atoms with Gasteiger partial charge in [-0.3, -0.25) is 0 Å². The molecule has 0 aliphatic heterocycles. The van der Waals surface area contributed by atoms with Gasteiger partial charge in [0.2, 0.25) is 0 Å². The number of halogens is 1. The lowest BCUT2D eigenvalue weighted by molar-refractivity contribution is -0.134. The summed E-state index contributed by atoms with van der Waals surface area (Å²) in [7, 11) is 2.86. The molecule has 0 spiro atoms. The zero-order chi connectivity index (χ0) is 15.9. The normalized spacial score (nSPS) is 10.7. The average molecular weight is 341 g/mol.